The summed E-state index contributed by atoms with van der Waals surface area (Å²) in [6, 6.07) is 14.7. The molecular weight excluding hydrogens is 275 g/mol. The van der Waals surface area contributed by atoms with Gasteiger partial charge < -0.3 is 4.74 Å². The molecule has 0 aliphatic carbocycles. The first kappa shape index (κ1) is 15.8. The Labute approximate surface area is 130 Å². The second kappa shape index (κ2) is 7.43. The molecule has 0 aromatic heterocycles. The molecular formula is C19H23OP. The summed E-state index contributed by atoms with van der Waals surface area (Å²) in [5.41, 5.74) is 4.92. The van der Waals surface area contributed by atoms with Crippen molar-refractivity contribution in [2.45, 2.75) is 33.6 Å². The van der Waals surface area contributed by atoms with E-state index < -0.39 is 0 Å². The highest BCUT2D eigenvalue weighted by Gasteiger charge is 2.10. The van der Waals surface area contributed by atoms with E-state index in [-0.39, 0.29) is 0 Å². The molecule has 0 amide bonds. The van der Waals surface area contributed by atoms with E-state index in [4.69, 9.17) is 4.74 Å². The molecule has 2 aromatic carbocycles. The van der Waals surface area contributed by atoms with Gasteiger partial charge in [0.15, 0.2) is 0 Å². The Balaban J connectivity index is 2.28. The first-order valence-corrected chi connectivity index (χ1v) is 8.02. The van der Waals surface area contributed by atoms with Gasteiger partial charge in [-0.1, -0.05) is 43.7 Å². The zero-order chi connectivity index (χ0) is 15.2. The normalized spacial score (nSPS) is 10.4. The van der Waals surface area contributed by atoms with Gasteiger partial charge in [-0.05, 0) is 54.7 Å². The van der Waals surface area contributed by atoms with Gasteiger partial charge in [-0.3, -0.25) is 0 Å². The van der Waals surface area contributed by atoms with Gasteiger partial charge in [0.05, 0.1) is 6.61 Å². The van der Waals surface area contributed by atoms with Crippen molar-refractivity contribution in [1.29, 1.82) is 0 Å². The summed E-state index contributed by atoms with van der Waals surface area (Å²) in [7, 11) is 3.83. The number of rotatable bonds is 6. The third-order valence-electron chi connectivity index (χ3n) is 3.66. The van der Waals surface area contributed by atoms with Crippen LogP contribution in [0.2, 0.25) is 0 Å². The molecule has 0 spiro atoms. The molecule has 0 N–H and O–H groups in total. The number of unbranched alkanes of at least 4 members (excludes halogenated alkanes) is 1. The van der Waals surface area contributed by atoms with Crippen molar-refractivity contribution < 1.29 is 4.74 Å². The molecule has 0 bridgehead atoms. The van der Waals surface area contributed by atoms with Crippen LogP contribution in [-0.2, 0) is 0 Å². The predicted octanol–water partition coefficient (Wildman–Crippen LogP) is 5.19. The number of hydrogen-bond acceptors (Lipinski definition) is 1. The monoisotopic (exact) mass is 298 g/mol. The van der Waals surface area contributed by atoms with Crippen LogP contribution < -0.4 is 4.74 Å². The van der Waals surface area contributed by atoms with Crippen LogP contribution >= 0.6 is 8.86 Å². The Bertz CT molecular complexity index is 631. The number of benzene rings is 2. The molecule has 0 atom stereocenters. The molecule has 2 rings (SSSR count). The van der Waals surface area contributed by atoms with Gasteiger partial charge in [-0.2, -0.15) is 0 Å². The van der Waals surface area contributed by atoms with Crippen molar-refractivity contribution in [2.24, 2.45) is 0 Å². The second-order valence-corrected chi connectivity index (χ2v) is 5.87. The molecule has 110 valence electrons. The van der Waals surface area contributed by atoms with Crippen LogP contribution in [0.5, 0.6) is 5.75 Å². The Morgan fingerprint density at radius 2 is 1.71 bits per heavy atom. The minimum Gasteiger partial charge on any atom is -0.494 e. The third kappa shape index (κ3) is 3.95. The summed E-state index contributed by atoms with van der Waals surface area (Å²) in [5.74, 6) is 0.938. The van der Waals surface area contributed by atoms with Crippen LogP contribution in [0.25, 0.3) is 0 Å². The Hall–Kier alpha value is -1.59. The molecule has 0 saturated heterocycles. The maximum Gasteiger partial charge on any atom is 0.119 e. The summed E-state index contributed by atoms with van der Waals surface area (Å²) < 4.78 is 5.82. The van der Waals surface area contributed by atoms with Crippen LogP contribution in [0.15, 0.2) is 42.5 Å². The fraction of sp³-hybridized carbons (Fsp3) is 0.316. The summed E-state index contributed by atoms with van der Waals surface area (Å²) in [6.45, 7) is 7.21. The minimum absolute atomic E-state index is 0.778. The molecule has 1 nitrogen and oxygen atoms in total. The van der Waals surface area contributed by atoms with E-state index in [1.54, 1.807) is 0 Å². The van der Waals surface area contributed by atoms with Crippen LogP contribution in [0, 0.1) is 13.8 Å². The Kier molecular flexibility index (Phi) is 5.59. The molecule has 0 aliphatic rings. The first-order valence-electron chi connectivity index (χ1n) is 7.52. The van der Waals surface area contributed by atoms with Crippen molar-refractivity contribution in [1.82, 2.24) is 0 Å². The summed E-state index contributed by atoms with van der Waals surface area (Å²) in [4.78, 5) is 0. The summed E-state index contributed by atoms with van der Waals surface area (Å²) in [6.07, 6.45) is 2.24. The van der Waals surface area contributed by atoms with Gasteiger partial charge in [0, 0.05) is 5.29 Å². The summed E-state index contributed by atoms with van der Waals surface area (Å²) in [5, 5.41) is 1.12. The lowest BCUT2D eigenvalue weighted by Crippen LogP contribution is -2.05. The van der Waals surface area contributed by atoms with Crippen LogP contribution in [0.4, 0.5) is 0 Å². The van der Waals surface area contributed by atoms with Gasteiger partial charge in [-0.25, -0.2) is 0 Å². The molecule has 2 aromatic rings. The molecule has 0 unspecified atom stereocenters. The van der Waals surface area contributed by atoms with Crippen LogP contribution in [0.1, 0.15) is 42.0 Å². The third-order valence-corrected chi connectivity index (χ3v) is 4.20. The molecule has 21 heavy (non-hydrogen) atoms. The zero-order valence-electron chi connectivity index (χ0n) is 13.1. The van der Waals surface area contributed by atoms with Gasteiger partial charge >= 0.3 is 0 Å². The van der Waals surface area contributed by atoms with Crippen molar-refractivity contribution in [3.63, 3.8) is 0 Å². The van der Waals surface area contributed by atoms with E-state index in [9.17, 15) is 0 Å². The lowest BCUT2D eigenvalue weighted by atomic mass is 9.97. The Morgan fingerprint density at radius 3 is 2.43 bits per heavy atom. The van der Waals surface area contributed by atoms with E-state index in [1.807, 2.05) is 6.07 Å². The maximum atomic E-state index is 5.82. The van der Waals surface area contributed by atoms with Gasteiger partial charge in [0.2, 0.25) is 0 Å². The van der Waals surface area contributed by atoms with E-state index in [0.29, 0.717) is 0 Å². The van der Waals surface area contributed by atoms with Gasteiger partial charge in [0.25, 0.3) is 0 Å². The highest BCUT2D eigenvalue weighted by Crippen LogP contribution is 2.23. The molecule has 0 aliphatic heterocycles. The van der Waals surface area contributed by atoms with Crippen molar-refractivity contribution in [3.8, 4) is 5.75 Å². The quantitative estimate of drug-likeness (QED) is 0.526. The second-order valence-electron chi connectivity index (χ2n) is 5.37. The van der Waals surface area contributed by atoms with Crippen LogP contribution in [-0.4, -0.2) is 11.9 Å². The smallest absolute Gasteiger partial charge is 0.119 e. The first-order chi connectivity index (χ1) is 10.1. The maximum absolute atomic E-state index is 5.82. The van der Waals surface area contributed by atoms with E-state index in [1.165, 1.54) is 22.3 Å². The lowest BCUT2D eigenvalue weighted by molar-refractivity contribution is 0.309. The van der Waals surface area contributed by atoms with Crippen molar-refractivity contribution in [2.75, 3.05) is 6.61 Å². The van der Waals surface area contributed by atoms with E-state index >= 15 is 0 Å². The average molecular weight is 298 g/mol. The summed E-state index contributed by atoms with van der Waals surface area (Å²) >= 11 is 0. The largest absolute Gasteiger partial charge is 0.494 e. The zero-order valence-corrected chi connectivity index (χ0v) is 14.1. The molecule has 0 heterocycles. The Morgan fingerprint density at radius 1 is 1.00 bits per heavy atom. The van der Waals surface area contributed by atoms with E-state index in [2.05, 4.69) is 66.0 Å². The van der Waals surface area contributed by atoms with Gasteiger partial charge in [-0.15, -0.1) is 8.86 Å². The van der Waals surface area contributed by atoms with Crippen molar-refractivity contribution >= 4 is 14.2 Å². The topological polar surface area (TPSA) is 9.23 Å². The highest BCUT2D eigenvalue weighted by atomic mass is 31.0. The SMILES string of the molecule is CCCCOc1ccc(C)c(C(=P)c2ccccc2C)c1. The van der Waals surface area contributed by atoms with E-state index in [0.717, 1.165) is 30.5 Å². The lowest BCUT2D eigenvalue weighted by Gasteiger charge is -2.14. The minimum atomic E-state index is 0.778. The number of hydrogen-bond donors (Lipinski definition) is 0. The van der Waals surface area contributed by atoms with Gasteiger partial charge in [0.1, 0.15) is 5.75 Å². The number of aryl methyl sites for hydroxylation is 2. The van der Waals surface area contributed by atoms with Crippen molar-refractivity contribution in [3.05, 3.63) is 64.7 Å². The molecule has 0 saturated carbocycles. The molecule has 0 radical (unpaired) electrons. The fourth-order valence-corrected chi connectivity index (χ4v) is 2.84. The molecule has 0 fully saturated rings. The predicted molar refractivity (Wildman–Crippen MR) is 94.3 cm³/mol. The van der Waals surface area contributed by atoms with Crippen LogP contribution in [0.3, 0.4) is 0 Å². The average Bonchev–Trinajstić information content (AvgIpc) is 2.49. The highest BCUT2D eigenvalue weighted by molar-refractivity contribution is 7.23. The fourth-order valence-electron chi connectivity index (χ4n) is 2.29. The number of ether oxygens (including phenoxy) is 1. The molecule has 2 heteroatoms. The standard InChI is InChI=1S/C19H23OP/c1-4-5-12-20-16-11-10-15(3)18(13-16)19(21)17-9-7-6-8-14(17)2/h6-11,13,21H,4-5,12H2,1-3H3.